The Morgan fingerprint density at radius 3 is 2.68 bits per heavy atom. The van der Waals surface area contributed by atoms with E-state index in [-0.39, 0.29) is 11.9 Å². The van der Waals surface area contributed by atoms with Gasteiger partial charge in [-0.1, -0.05) is 24.8 Å². The van der Waals surface area contributed by atoms with Crippen molar-refractivity contribution >= 4 is 17.7 Å². The van der Waals surface area contributed by atoms with E-state index in [0.717, 1.165) is 32.0 Å². The zero-order valence-corrected chi connectivity index (χ0v) is 14.6. The lowest BCUT2D eigenvalue weighted by Gasteiger charge is -2.31. The lowest BCUT2D eigenvalue weighted by Crippen LogP contribution is -2.37. The minimum Gasteiger partial charge on any atom is -0.295 e. The van der Waals surface area contributed by atoms with Gasteiger partial charge in [-0.15, -0.1) is 5.10 Å². The first-order valence-corrected chi connectivity index (χ1v) is 9.32. The largest absolute Gasteiger partial charge is 0.295 e. The third kappa shape index (κ3) is 2.87. The van der Waals surface area contributed by atoms with Gasteiger partial charge in [0, 0.05) is 6.42 Å². The molecule has 1 aromatic heterocycles. The van der Waals surface area contributed by atoms with Crippen molar-refractivity contribution in [3.8, 4) is 0 Å². The number of benzene rings is 1. The van der Waals surface area contributed by atoms with E-state index >= 15 is 0 Å². The minimum absolute atomic E-state index is 0.145. The summed E-state index contributed by atoms with van der Waals surface area (Å²) >= 11 is 1.36. The van der Waals surface area contributed by atoms with Crippen molar-refractivity contribution in [2.24, 2.45) is 0 Å². The molecule has 2 aromatic rings. The number of nitrogens with zero attached hydrogens (tertiary/aromatic N) is 4. The molecule has 0 N–H and O–H groups in total. The Labute approximate surface area is 148 Å². The van der Waals surface area contributed by atoms with Crippen molar-refractivity contribution < 1.29 is 13.6 Å². The highest BCUT2D eigenvalue weighted by Crippen LogP contribution is 2.42. The molecule has 0 saturated carbocycles. The van der Waals surface area contributed by atoms with Crippen LogP contribution in [0.25, 0.3) is 0 Å². The van der Waals surface area contributed by atoms with Crippen molar-refractivity contribution in [2.45, 2.75) is 42.6 Å². The third-order valence-corrected chi connectivity index (χ3v) is 5.92. The predicted molar refractivity (Wildman–Crippen MR) is 89.6 cm³/mol. The molecule has 1 aromatic carbocycles. The van der Waals surface area contributed by atoms with Crippen LogP contribution in [0.3, 0.4) is 0 Å². The summed E-state index contributed by atoms with van der Waals surface area (Å²) in [6.07, 6.45) is 2.74. The molecular formula is C17H18F2N4OS. The van der Waals surface area contributed by atoms with Gasteiger partial charge in [-0.05, 0) is 43.6 Å². The maximum Gasteiger partial charge on any atom is 0.264 e. The van der Waals surface area contributed by atoms with Crippen LogP contribution in [0.15, 0.2) is 23.4 Å². The second kappa shape index (κ2) is 6.49. The van der Waals surface area contributed by atoms with Gasteiger partial charge in [0.25, 0.3) is 5.91 Å². The summed E-state index contributed by atoms with van der Waals surface area (Å²) in [4.78, 5) is 19.5. The summed E-state index contributed by atoms with van der Waals surface area (Å²) in [5.41, 5.74) is 0.619. The molecule has 2 atom stereocenters. The van der Waals surface area contributed by atoms with E-state index in [4.69, 9.17) is 0 Å². The summed E-state index contributed by atoms with van der Waals surface area (Å²) in [5, 5.41) is 4.38. The third-order valence-electron chi connectivity index (χ3n) is 4.73. The molecule has 132 valence electrons. The zero-order valence-electron chi connectivity index (χ0n) is 13.8. The Balaban J connectivity index is 1.70. The lowest BCUT2D eigenvalue weighted by atomic mass is 10.0. The summed E-state index contributed by atoms with van der Waals surface area (Å²) in [6, 6.07) is 3.59. The number of carbonyl (C=O) groups excluding carboxylic acids is 1. The monoisotopic (exact) mass is 364 g/mol. The Morgan fingerprint density at radius 2 is 2.04 bits per heavy atom. The van der Waals surface area contributed by atoms with Crippen LogP contribution in [0, 0.1) is 11.6 Å². The molecule has 2 unspecified atom stereocenters. The van der Waals surface area contributed by atoms with Gasteiger partial charge in [-0.3, -0.25) is 9.69 Å². The maximum absolute atomic E-state index is 13.8. The molecule has 0 bridgehead atoms. The molecular weight excluding hydrogens is 346 g/mol. The number of aryl methyl sites for hydroxylation is 1. The molecule has 2 aliphatic rings. The fourth-order valence-corrected chi connectivity index (χ4v) is 4.76. The summed E-state index contributed by atoms with van der Waals surface area (Å²) < 4.78 is 28.5. The van der Waals surface area contributed by atoms with Crippen molar-refractivity contribution in [3.05, 3.63) is 41.2 Å². The Morgan fingerprint density at radius 1 is 1.28 bits per heavy atom. The number of rotatable bonds is 4. The summed E-state index contributed by atoms with van der Waals surface area (Å²) in [6.45, 7) is 3.61. The van der Waals surface area contributed by atoms with Gasteiger partial charge in [-0.25, -0.2) is 13.8 Å². The number of likely N-dealkylation sites (tertiary alicyclic amines) is 1. The number of fused-ring (bicyclic) bond motifs is 1. The highest BCUT2D eigenvalue weighted by molar-refractivity contribution is 8.00. The number of halogens is 2. The Hall–Kier alpha value is -1.80. The lowest BCUT2D eigenvalue weighted by molar-refractivity contribution is 0.0847. The van der Waals surface area contributed by atoms with Gasteiger partial charge in [0.05, 0.1) is 6.04 Å². The van der Waals surface area contributed by atoms with Crippen LogP contribution in [-0.2, 0) is 6.42 Å². The first-order chi connectivity index (χ1) is 12.1. The summed E-state index contributed by atoms with van der Waals surface area (Å²) in [5.74, 6) is -1.27. The standard InChI is InChI=1S/C17H18F2N4OS/c1-2-13-20-17-23(21-13)16(24)15(25-17)14(22-7-3-4-8-22)10-5-6-11(18)12(19)9-10/h5-6,9,14-15H,2-4,7-8H2,1H3. The average molecular weight is 364 g/mol. The molecule has 0 spiro atoms. The topological polar surface area (TPSA) is 51.0 Å². The van der Waals surface area contributed by atoms with Crippen LogP contribution >= 0.6 is 11.8 Å². The first-order valence-electron chi connectivity index (χ1n) is 8.44. The van der Waals surface area contributed by atoms with Gasteiger partial charge >= 0.3 is 0 Å². The molecule has 0 radical (unpaired) electrons. The molecule has 0 aliphatic carbocycles. The second-order valence-electron chi connectivity index (χ2n) is 6.31. The van der Waals surface area contributed by atoms with E-state index in [1.165, 1.54) is 22.5 Å². The first kappa shape index (κ1) is 16.7. The van der Waals surface area contributed by atoms with Gasteiger partial charge in [-0.2, -0.15) is 4.68 Å². The molecule has 8 heteroatoms. The second-order valence-corrected chi connectivity index (χ2v) is 7.42. The average Bonchev–Trinajstić information content (AvgIpc) is 3.31. The van der Waals surface area contributed by atoms with Crippen LogP contribution < -0.4 is 0 Å². The number of hydrogen-bond acceptors (Lipinski definition) is 5. The van der Waals surface area contributed by atoms with Crippen LogP contribution in [-0.4, -0.2) is 43.9 Å². The number of hydrogen-bond donors (Lipinski definition) is 0. The number of aromatic nitrogens is 3. The van der Waals surface area contributed by atoms with E-state index in [9.17, 15) is 13.6 Å². The van der Waals surface area contributed by atoms with Crippen molar-refractivity contribution in [2.75, 3.05) is 13.1 Å². The van der Waals surface area contributed by atoms with Gasteiger partial charge in [0.1, 0.15) is 5.25 Å². The molecule has 1 fully saturated rings. The number of carbonyl (C=O) groups is 1. The van der Waals surface area contributed by atoms with Crippen LogP contribution in [0.4, 0.5) is 8.78 Å². The smallest absolute Gasteiger partial charge is 0.264 e. The quantitative estimate of drug-likeness (QED) is 0.835. The minimum atomic E-state index is -0.888. The van der Waals surface area contributed by atoms with Crippen LogP contribution in [0.1, 0.15) is 42.0 Å². The highest BCUT2D eigenvalue weighted by Gasteiger charge is 2.43. The zero-order chi connectivity index (χ0) is 17.6. The predicted octanol–water partition coefficient (Wildman–Crippen LogP) is 3.07. The molecule has 0 amide bonds. The Kier molecular flexibility index (Phi) is 4.33. The van der Waals surface area contributed by atoms with Crippen LogP contribution in [0.5, 0.6) is 0 Å². The fourth-order valence-electron chi connectivity index (χ4n) is 3.49. The molecule has 2 aliphatic heterocycles. The summed E-state index contributed by atoms with van der Waals surface area (Å²) in [7, 11) is 0. The van der Waals surface area contributed by atoms with E-state index in [1.54, 1.807) is 6.07 Å². The van der Waals surface area contributed by atoms with Crippen LogP contribution in [0.2, 0.25) is 0 Å². The Bertz CT molecular complexity index is 819. The van der Waals surface area contributed by atoms with E-state index in [1.807, 2.05) is 6.92 Å². The number of thioether (sulfide) groups is 1. The van der Waals surface area contributed by atoms with Gasteiger partial charge in [0.2, 0.25) is 0 Å². The fraction of sp³-hybridized carbons (Fsp3) is 0.471. The SMILES string of the molecule is CCc1nc2n(n1)C(=O)C(C(c1ccc(F)c(F)c1)N1CCCC1)S2. The van der Waals surface area contributed by atoms with E-state index in [2.05, 4.69) is 15.0 Å². The van der Waals surface area contributed by atoms with Crippen molar-refractivity contribution in [1.82, 2.24) is 19.7 Å². The molecule has 1 saturated heterocycles. The van der Waals surface area contributed by atoms with Gasteiger partial charge < -0.3 is 0 Å². The van der Waals surface area contributed by atoms with Crippen molar-refractivity contribution in [3.63, 3.8) is 0 Å². The normalized spacial score (nSPS) is 21.7. The van der Waals surface area contributed by atoms with E-state index in [0.29, 0.717) is 23.0 Å². The highest BCUT2D eigenvalue weighted by atomic mass is 32.2. The van der Waals surface area contributed by atoms with E-state index < -0.39 is 16.9 Å². The molecule has 25 heavy (non-hydrogen) atoms. The molecule has 5 nitrogen and oxygen atoms in total. The van der Waals surface area contributed by atoms with Gasteiger partial charge in [0.15, 0.2) is 22.6 Å². The molecule has 4 rings (SSSR count). The van der Waals surface area contributed by atoms with Crippen molar-refractivity contribution in [1.29, 1.82) is 0 Å². The maximum atomic E-state index is 13.8. The molecule has 3 heterocycles.